The van der Waals surface area contributed by atoms with Crippen molar-refractivity contribution in [1.29, 1.82) is 0 Å². The van der Waals surface area contributed by atoms with Gasteiger partial charge in [0.25, 0.3) is 0 Å². The molecule has 1 fully saturated rings. The molecule has 0 saturated carbocycles. The van der Waals surface area contributed by atoms with Crippen LogP contribution >= 0.6 is 0 Å². The maximum absolute atomic E-state index is 5.27. The van der Waals surface area contributed by atoms with Crippen LogP contribution in [0, 0.1) is 0 Å². The molecule has 1 rings (SSSR count). The summed E-state index contributed by atoms with van der Waals surface area (Å²) < 4.78 is 5.27. The highest BCUT2D eigenvalue weighted by Crippen LogP contribution is 2.21. The Morgan fingerprint density at radius 2 is 2.56 bits per heavy atom. The maximum Gasteiger partial charge on any atom is 0.118 e. The molecule has 0 aliphatic carbocycles. The number of allylic oxidation sites excluding steroid dienone is 2. The molecule has 0 unspecified atom stereocenters. The molecule has 0 radical (unpaired) electrons. The smallest absolute Gasteiger partial charge is 0.118 e. The molecule has 0 bridgehead atoms. The summed E-state index contributed by atoms with van der Waals surface area (Å²) in [5.74, 6) is 1.01. The second kappa shape index (κ2) is 2.72. The number of ether oxygens (including phenoxy) is 1. The van der Waals surface area contributed by atoms with E-state index in [0.29, 0.717) is 0 Å². The quantitative estimate of drug-likeness (QED) is 0.521. The van der Waals surface area contributed by atoms with Gasteiger partial charge in [0.05, 0.1) is 6.61 Å². The minimum Gasteiger partial charge on any atom is -0.493 e. The monoisotopic (exact) mass is 124 g/mol. The van der Waals surface area contributed by atoms with E-state index < -0.39 is 0 Å². The molecule has 0 aromatic heterocycles. The first-order chi connectivity index (χ1) is 4.34. The highest BCUT2D eigenvalue weighted by atomic mass is 16.5. The molecule has 1 heteroatoms. The van der Waals surface area contributed by atoms with E-state index >= 15 is 0 Å². The zero-order valence-corrected chi connectivity index (χ0v) is 5.81. The molecule has 1 heterocycles. The Hall–Kier alpha value is -0.720. The molecule has 0 aromatic rings. The Labute approximate surface area is 56.0 Å². The standard InChI is InChI=1S/C8H12O/c1-3-4-8-7(2)5-6-9-8/h4H,2-3,5-6H2,1H3/b8-4+. The van der Waals surface area contributed by atoms with Gasteiger partial charge in [-0.25, -0.2) is 0 Å². The normalized spacial score (nSPS) is 22.8. The van der Waals surface area contributed by atoms with Gasteiger partial charge in [0.2, 0.25) is 0 Å². The number of rotatable bonds is 1. The van der Waals surface area contributed by atoms with Gasteiger partial charge >= 0.3 is 0 Å². The van der Waals surface area contributed by atoms with Crippen molar-refractivity contribution in [2.75, 3.05) is 6.61 Å². The summed E-state index contributed by atoms with van der Waals surface area (Å²) in [7, 11) is 0. The van der Waals surface area contributed by atoms with Crippen molar-refractivity contribution < 1.29 is 4.74 Å². The van der Waals surface area contributed by atoms with Crippen LogP contribution in [-0.2, 0) is 4.74 Å². The molecule has 1 nitrogen and oxygen atoms in total. The van der Waals surface area contributed by atoms with Crippen LogP contribution in [0.1, 0.15) is 19.8 Å². The molecular formula is C8H12O. The molecular weight excluding hydrogens is 112 g/mol. The van der Waals surface area contributed by atoms with Crippen LogP contribution < -0.4 is 0 Å². The van der Waals surface area contributed by atoms with Crippen molar-refractivity contribution in [1.82, 2.24) is 0 Å². The lowest BCUT2D eigenvalue weighted by Crippen LogP contribution is -1.78. The summed E-state index contributed by atoms with van der Waals surface area (Å²) in [5, 5.41) is 0. The van der Waals surface area contributed by atoms with Gasteiger partial charge in [-0.2, -0.15) is 0 Å². The molecule has 0 spiro atoms. The minimum atomic E-state index is 0.824. The van der Waals surface area contributed by atoms with Crippen LogP contribution in [0.2, 0.25) is 0 Å². The van der Waals surface area contributed by atoms with Crippen molar-refractivity contribution in [2.45, 2.75) is 19.8 Å². The van der Waals surface area contributed by atoms with E-state index in [1.165, 1.54) is 0 Å². The summed E-state index contributed by atoms with van der Waals surface area (Å²) in [5.41, 5.74) is 1.15. The third kappa shape index (κ3) is 1.35. The van der Waals surface area contributed by atoms with Crippen molar-refractivity contribution in [2.24, 2.45) is 0 Å². The van der Waals surface area contributed by atoms with E-state index in [1.807, 2.05) is 0 Å². The lowest BCUT2D eigenvalue weighted by atomic mass is 10.2. The third-order valence-electron chi connectivity index (χ3n) is 1.40. The highest BCUT2D eigenvalue weighted by molar-refractivity contribution is 5.25. The first-order valence-electron chi connectivity index (χ1n) is 3.35. The topological polar surface area (TPSA) is 9.23 Å². The molecule has 1 saturated heterocycles. The third-order valence-corrected chi connectivity index (χ3v) is 1.40. The predicted molar refractivity (Wildman–Crippen MR) is 38.1 cm³/mol. The Balaban J connectivity index is 2.59. The summed E-state index contributed by atoms with van der Waals surface area (Å²) in [6.07, 6.45) is 4.12. The zero-order chi connectivity index (χ0) is 6.69. The Kier molecular flexibility index (Phi) is 1.93. The van der Waals surface area contributed by atoms with E-state index in [9.17, 15) is 0 Å². The molecule has 0 amide bonds. The largest absolute Gasteiger partial charge is 0.493 e. The van der Waals surface area contributed by atoms with E-state index in [-0.39, 0.29) is 0 Å². The maximum atomic E-state index is 5.27. The SMILES string of the molecule is C=C1CCO/C1=C/CC. The fourth-order valence-corrected chi connectivity index (χ4v) is 0.898. The van der Waals surface area contributed by atoms with Crippen LogP contribution in [0.4, 0.5) is 0 Å². The van der Waals surface area contributed by atoms with Gasteiger partial charge in [-0.05, 0) is 18.1 Å². The van der Waals surface area contributed by atoms with Crippen LogP contribution in [0.25, 0.3) is 0 Å². The van der Waals surface area contributed by atoms with Crippen LogP contribution in [0.3, 0.4) is 0 Å². The lowest BCUT2D eigenvalue weighted by molar-refractivity contribution is 0.264. The van der Waals surface area contributed by atoms with Crippen molar-refractivity contribution in [3.63, 3.8) is 0 Å². The average molecular weight is 124 g/mol. The second-order valence-electron chi connectivity index (χ2n) is 2.18. The van der Waals surface area contributed by atoms with Crippen LogP contribution in [0.15, 0.2) is 24.0 Å². The Morgan fingerprint density at radius 1 is 1.78 bits per heavy atom. The van der Waals surface area contributed by atoms with E-state index in [4.69, 9.17) is 4.74 Å². The Bertz CT molecular complexity index is 145. The Morgan fingerprint density at radius 3 is 3.00 bits per heavy atom. The zero-order valence-electron chi connectivity index (χ0n) is 5.81. The molecule has 1 aliphatic heterocycles. The summed E-state index contributed by atoms with van der Waals surface area (Å²) in [6, 6.07) is 0. The van der Waals surface area contributed by atoms with E-state index in [0.717, 1.165) is 30.8 Å². The molecule has 0 aromatic carbocycles. The van der Waals surface area contributed by atoms with E-state index in [1.54, 1.807) is 0 Å². The lowest BCUT2D eigenvalue weighted by Gasteiger charge is -1.95. The van der Waals surface area contributed by atoms with Gasteiger partial charge in [-0.15, -0.1) is 0 Å². The van der Waals surface area contributed by atoms with Crippen molar-refractivity contribution in [3.8, 4) is 0 Å². The van der Waals surface area contributed by atoms with Crippen molar-refractivity contribution >= 4 is 0 Å². The summed E-state index contributed by atoms with van der Waals surface area (Å²) >= 11 is 0. The first-order valence-corrected chi connectivity index (χ1v) is 3.35. The van der Waals surface area contributed by atoms with E-state index in [2.05, 4.69) is 19.6 Å². The highest BCUT2D eigenvalue weighted by Gasteiger charge is 2.10. The first kappa shape index (κ1) is 6.40. The number of hydrogen-bond acceptors (Lipinski definition) is 1. The van der Waals surface area contributed by atoms with Gasteiger partial charge in [0.1, 0.15) is 5.76 Å². The van der Waals surface area contributed by atoms with Crippen LogP contribution in [0.5, 0.6) is 0 Å². The molecule has 1 aliphatic rings. The fourth-order valence-electron chi connectivity index (χ4n) is 0.898. The van der Waals surface area contributed by atoms with Crippen LogP contribution in [-0.4, -0.2) is 6.61 Å². The van der Waals surface area contributed by atoms with Gasteiger partial charge in [-0.1, -0.05) is 13.5 Å². The molecule has 9 heavy (non-hydrogen) atoms. The van der Waals surface area contributed by atoms with Gasteiger partial charge in [-0.3, -0.25) is 0 Å². The van der Waals surface area contributed by atoms with Crippen molar-refractivity contribution in [3.05, 3.63) is 24.0 Å². The summed E-state index contributed by atoms with van der Waals surface area (Å²) in [4.78, 5) is 0. The molecule has 0 atom stereocenters. The summed E-state index contributed by atoms with van der Waals surface area (Å²) in [6.45, 7) is 6.78. The molecule has 0 N–H and O–H groups in total. The van der Waals surface area contributed by atoms with Gasteiger partial charge < -0.3 is 4.74 Å². The van der Waals surface area contributed by atoms with Gasteiger partial charge in [0, 0.05) is 6.42 Å². The van der Waals surface area contributed by atoms with Gasteiger partial charge in [0.15, 0.2) is 0 Å². The predicted octanol–water partition coefficient (Wildman–Crippen LogP) is 2.26. The minimum absolute atomic E-state index is 0.824. The fraction of sp³-hybridized carbons (Fsp3) is 0.500. The number of hydrogen-bond donors (Lipinski definition) is 0. The average Bonchev–Trinajstić information content (AvgIpc) is 2.18. The second-order valence-corrected chi connectivity index (χ2v) is 2.18. The molecule has 50 valence electrons.